The van der Waals surface area contributed by atoms with E-state index in [1.54, 1.807) is 0 Å². The molecule has 82 valence electrons. The van der Waals surface area contributed by atoms with Gasteiger partial charge < -0.3 is 0 Å². The zero-order valence-corrected chi connectivity index (χ0v) is 10.0. The largest absolute Gasteiger partial charge is 0.299 e. The molecule has 1 fully saturated rings. The number of rotatable bonds is 3. The summed E-state index contributed by atoms with van der Waals surface area (Å²) in [4.78, 5) is 11.6. The van der Waals surface area contributed by atoms with E-state index in [9.17, 15) is 4.79 Å². The molecule has 0 saturated heterocycles. The van der Waals surface area contributed by atoms with Gasteiger partial charge in [0.05, 0.1) is 0 Å². The van der Waals surface area contributed by atoms with Crippen LogP contribution in [0.1, 0.15) is 53.4 Å². The van der Waals surface area contributed by atoms with Gasteiger partial charge in [-0.05, 0) is 24.7 Å². The van der Waals surface area contributed by atoms with Crippen molar-refractivity contribution < 1.29 is 4.79 Å². The van der Waals surface area contributed by atoms with E-state index in [1.807, 2.05) is 0 Å². The van der Waals surface area contributed by atoms with Crippen molar-refractivity contribution in [1.29, 1.82) is 0 Å². The quantitative estimate of drug-likeness (QED) is 0.673. The van der Waals surface area contributed by atoms with Crippen molar-refractivity contribution in [3.8, 4) is 0 Å². The van der Waals surface area contributed by atoms with Gasteiger partial charge in [-0.1, -0.05) is 40.5 Å². The monoisotopic (exact) mass is 196 g/mol. The van der Waals surface area contributed by atoms with E-state index in [0.29, 0.717) is 17.6 Å². The molecule has 0 aromatic heterocycles. The first-order valence-electron chi connectivity index (χ1n) is 6.04. The molecule has 0 amide bonds. The second-order valence-corrected chi connectivity index (χ2v) is 5.51. The molecule has 0 unspecified atom stereocenters. The molecule has 0 heterocycles. The summed E-state index contributed by atoms with van der Waals surface area (Å²) < 4.78 is 0. The minimum Gasteiger partial charge on any atom is -0.299 e. The molecule has 1 aliphatic carbocycles. The highest BCUT2D eigenvalue weighted by atomic mass is 16.1. The van der Waals surface area contributed by atoms with Gasteiger partial charge in [-0.25, -0.2) is 0 Å². The van der Waals surface area contributed by atoms with Gasteiger partial charge in [0, 0.05) is 11.8 Å². The average Bonchev–Trinajstić information content (AvgIpc) is 2.10. The standard InChI is InChI=1S/C13H24O/c1-9(2)5-6-12-7-10(3)13(14)11(4)8-12/h9-12H,5-8H2,1-4H3/t10-,11-/m1/s1. The van der Waals surface area contributed by atoms with Crippen molar-refractivity contribution in [1.82, 2.24) is 0 Å². The van der Waals surface area contributed by atoms with Crippen LogP contribution in [0.5, 0.6) is 0 Å². The van der Waals surface area contributed by atoms with Gasteiger partial charge in [-0.2, -0.15) is 0 Å². The molecule has 0 aromatic rings. The lowest BCUT2D eigenvalue weighted by molar-refractivity contribution is -0.129. The predicted molar refractivity (Wildman–Crippen MR) is 60.1 cm³/mol. The fourth-order valence-corrected chi connectivity index (χ4v) is 2.62. The van der Waals surface area contributed by atoms with Crippen molar-refractivity contribution in [3.05, 3.63) is 0 Å². The molecular formula is C13H24O. The Kier molecular flexibility index (Phi) is 4.15. The lowest BCUT2D eigenvalue weighted by atomic mass is 9.73. The Balaban J connectivity index is 2.38. The Morgan fingerprint density at radius 2 is 1.71 bits per heavy atom. The van der Waals surface area contributed by atoms with Crippen LogP contribution in [0.4, 0.5) is 0 Å². The van der Waals surface area contributed by atoms with E-state index in [4.69, 9.17) is 0 Å². The van der Waals surface area contributed by atoms with Crippen molar-refractivity contribution >= 4 is 5.78 Å². The molecule has 0 aliphatic heterocycles. The van der Waals surface area contributed by atoms with Crippen molar-refractivity contribution in [2.24, 2.45) is 23.7 Å². The van der Waals surface area contributed by atoms with Crippen LogP contribution in [0.2, 0.25) is 0 Å². The third kappa shape index (κ3) is 3.11. The maximum absolute atomic E-state index is 11.6. The van der Waals surface area contributed by atoms with Gasteiger partial charge in [-0.3, -0.25) is 4.79 Å². The number of ketones is 1. The minimum atomic E-state index is 0.316. The van der Waals surface area contributed by atoms with Gasteiger partial charge in [0.25, 0.3) is 0 Å². The molecule has 1 saturated carbocycles. The molecule has 0 bridgehead atoms. The SMILES string of the molecule is CC(C)CCC1C[C@@H](C)C(=O)[C@H](C)C1. The first-order valence-corrected chi connectivity index (χ1v) is 6.04. The molecule has 1 nitrogen and oxygen atoms in total. The first kappa shape index (κ1) is 11.7. The fourth-order valence-electron chi connectivity index (χ4n) is 2.62. The third-order valence-electron chi connectivity index (χ3n) is 3.50. The second-order valence-electron chi connectivity index (χ2n) is 5.51. The molecular weight excluding hydrogens is 172 g/mol. The number of carbonyl (C=O) groups is 1. The minimum absolute atomic E-state index is 0.316. The van der Waals surface area contributed by atoms with Gasteiger partial charge in [0.2, 0.25) is 0 Å². The summed E-state index contributed by atoms with van der Waals surface area (Å²) in [7, 11) is 0. The molecule has 0 spiro atoms. The van der Waals surface area contributed by atoms with Crippen molar-refractivity contribution in [3.63, 3.8) is 0 Å². The molecule has 0 aromatic carbocycles. The Hall–Kier alpha value is -0.330. The highest BCUT2D eigenvalue weighted by Crippen LogP contribution is 2.33. The second kappa shape index (κ2) is 4.95. The van der Waals surface area contributed by atoms with Gasteiger partial charge >= 0.3 is 0 Å². The van der Waals surface area contributed by atoms with Crippen LogP contribution >= 0.6 is 0 Å². The number of hydrogen-bond donors (Lipinski definition) is 0. The summed E-state index contributed by atoms with van der Waals surface area (Å²) in [5, 5.41) is 0. The molecule has 1 rings (SSSR count). The Labute approximate surface area is 88.3 Å². The van der Waals surface area contributed by atoms with Crippen LogP contribution < -0.4 is 0 Å². The molecule has 14 heavy (non-hydrogen) atoms. The Bertz CT molecular complexity index is 181. The number of Topliss-reactive ketones (excluding diaryl/α,β-unsaturated/α-hetero) is 1. The van der Waals surface area contributed by atoms with Gasteiger partial charge in [0.1, 0.15) is 5.78 Å². The van der Waals surface area contributed by atoms with Gasteiger partial charge in [0.15, 0.2) is 0 Å². The maximum atomic E-state index is 11.6. The number of carbonyl (C=O) groups excluding carboxylic acids is 1. The van der Waals surface area contributed by atoms with Crippen LogP contribution in [-0.4, -0.2) is 5.78 Å². The normalized spacial score (nSPS) is 33.8. The van der Waals surface area contributed by atoms with E-state index in [2.05, 4.69) is 27.7 Å². The lowest BCUT2D eigenvalue weighted by Gasteiger charge is -2.30. The van der Waals surface area contributed by atoms with Crippen LogP contribution in [0, 0.1) is 23.7 Å². The fraction of sp³-hybridized carbons (Fsp3) is 0.923. The van der Waals surface area contributed by atoms with E-state index in [0.717, 1.165) is 24.7 Å². The zero-order valence-electron chi connectivity index (χ0n) is 10.0. The van der Waals surface area contributed by atoms with E-state index in [-0.39, 0.29) is 0 Å². The highest BCUT2D eigenvalue weighted by molar-refractivity contribution is 5.83. The molecule has 0 radical (unpaired) electrons. The van der Waals surface area contributed by atoms with E-state index >= 15 is 0 Å². The van der Waals surface area contributed by atoms with Crippen LogP contribution in [0.25, 0.3) is 0 Å². The van der Waals surface area contributed by atoms with Crippen LogP contribution in [0.15, 0.2) is 0 Å². The van der Waals surface area contributed by atoms with E-state index in [1.165, 1.54) is 12.8 Å². The molecule has 0 N–H and O–H groups in total. The zero-order chi connectivity index (χ0) is 10.7. The van der Waals surface area contributed by atoms with Crippen LogP contribution in [-0.2, 0) is 4.79 Å². The summed E-state index contributed by atoms with van der Waals surface area (Å²) in [5.74, 6) is 2.73. The summed E-state index contributed by atoms with van der Waals surface area (Å²) in [6.45, 7) is 8.75. The summed E-state index contributed by atoms with van der Waals surface area (Å²) in [6, 6.07) is 0. The topological polar surface area (TPSA) is 17.1 Å². The molecule has 1 heteroatoms. The molecule has 2 atom stereocenters. The smallest absolute Gasteiger partial charge is 0.138 e. The maximum Gasteiger partial charge on any atom is 0.138 e. The third-order valence-corrected chi connectivity index (χ3v) is 3.50. The van der Waals surface area contributed by atoms with Gasteiger partial charge in [-0.15, -0.1) is 0 Å². The average molecular weight is 196 g/mol. The molecule has 1 aliphatic rings. The summed E-state index contributed by atoms with van der Waals surface area (Å²) >= 11 is 0. The highest BCUT2D eigenvalue weighted by Gasteiger charge is 2.30. The predicted octanol–water partition coefficient (Wildman–Crippen LogP) is 3.67. The van der Waals surface area contributed by atoms with E-state index < -0.39 is 0 Å². The summed E-state index contributed by atoms with van der Waals surface area (Å²) in [6.07, 6.45) is 4.91. The van der Waals surface area contributed by atoms with Crippen molar-refractivity contribution in [2.45, 2.75) is 53.4 Å². The van der Waals surface area contributed by atoms with Crippen LogP contribution in [0.3, 0.4) is 0 Å². The lowest BCUT2D eigenvalue weighted by Crippen LogP contribution is -2.29. The Morgan fingerprint density at radius 1 is 1.21 bits per heavy atom. The number of hydrogen-bond acceptors (Lipinski definition) is 1. The van der Waals surface area contributed by atoms with Crippen molar-refractivity contribution in [2.75, 3.05) is 0 Å². The first-order chi connectivity index (χ1) is 6.50. The summed E-state index contributed by atoms with van der Waals surface area (Å²) in [5.41, 5.74) is 0. The Morgan fingerprint density at radius 3 is 2.14 bits per heavy atom.